The highest BCUT2D eigenvalue weighted by Crippen LogP contribution is 2.22. The molecule has 0 aliphatic heterocycles. The predicted octanol–water partition coefficient (Wildman–Crippen LogP) is 2.59. The summed E-state index contributed by atoms with van der Waals surface area (Å²) in [6, 6.07) is 6.49. The fourth-order valence-electron chi connectivity index (χ4n) is 2.37. The predicted molar refractivity (Wildman–Crippen MR) is 82.7 cm³/mol. The van der Waals surface area contributed by atoms with Crippen LogP contribution in [0.25, 0.3) is 5.69 Å². The van der Waals surface area contributed by atoms with Crippen LogP contribution in [-0.2, 0) is 4.74 Å². The lowest BCUT2D eigenvalue weighted by atomic mass is 9.99. The van der Waals surface area contributed by atoms with Gasteiger partial charge in [0.25, 0.3) is 0 Å². The molecule has 0 aliphatic carbocycles. The summed E-state index contributed by atoms with van der Waals surface area (Å²) in [4.78, 5) is 0. The standard InChI is InChI=1S/C15H23N5O/c1-11-6-7-13(8-14(11)20-10-16-18-19-20)17-12(2)9-15(3,4)21-5/h6-8,10,12,17H,9H2,1-5H3. The molecule has 0 saturated carbocycles. The molecular weight excluding hydrogens is 266 g/mol. The Morgan fingerprint density at radius 1 is 1.38 bits per heavy atom. The molecule has 1 unspecified atom stereocenters. The molecule has 1 aromatic heterocycles. The average Bonchev–Trinajstić information content (AvgIpc) is 2.94. The van der Waals surface area contributed by atoms with Crippen LogP contribution in [0.2, 0.25) is 0 Å². The molecular formula is C15H23N5O. The first-order valence-corrected chi connectivity index (χ1v) is 7.07. The van der Waals surface area contributed by atoms with Crippen molar-refractivity contribution in [3.05, 3.63) is 30.1 Å². The van der Waals surface area contributed by atoms with E-state index in [4.69, 9.17) is 4.74 Å². The van der Waals surface area contributed by atoms with Gasteiger partial charge in [0, 0.05) is 18.8 Å². The first kappa shape index (κ1) is 15.4. The van der Waals surface area contributed by atoms with Gasteiger partial charge in [-0.25, -0.2) is 4.68 Å². The van der Waals surface area contributed by atoms with Gasteiger partial charge in [0.05, 0.1) is 11.3 Å². The number of aryl methyl sites for hydroxylation is 1. The van der Waals surface area contributed by atoms with E-state index < -0.39 is 0 Å². The van der Waals surface area contributed by atoms with E-state index >= 15 is 0 Å². The molecule has 0 spiro atoms. The molecule has 0 aliphatic rings. The lowest BCUT2D eigenvalue weighted by Gasteiger charge is -2.27. The van der Waals surface area contributed by atoms with Crippen molar-refractivity contribution < 1.29 is 4.74 Å². The van der Waals surface area contributed by atoms with E-state index in [1.54, 1.807) is 18.1 Å². The maximum Gasteiger partial charge on any atom is 0.143 e. The Hall–Kier alpha value is -1.95. The lowest BCUT2D eigenvalue weighted by Crippen LogP contribution is -2.31. The van der Waals surface area contributed by atoms with Crippen molar-refractivity contribution in [1.29, 1.82) is 0 Å². The van der Waals surface area contributed by atoms with Crippen LogP contribution >= 0.6 is 0 Å². The first-order valence-electron chi connectivity index (χ1n) is 7.07. The zero-order valence-corrected chi connectivity index (χ0v) is 13.3. The second kappa shape index (κ2) is 6.22. The minimum atomic E-state index is -0.143. The Morgan fingerprint density at radius 2 is 2.14 bits per heavy atom. The van der Waals surface area contributed by atoms with Crippen LogP contribution < -0.4 is 5.32 Å². The third-order valence-corrected chi connectivity index (χ3v) is 3.57. The Morgan fingerprint density at radius 3 is 2.76 bits per heavy atom. The number of methoxy groups -OCH3 is 1. The molecule has 1 heterocycles. The fraction of sp³-hybridized carbons (Fsp3) is 0.533. The second-order valence-corrected chi connectivity index (χ2v) is 5.97. The molecule has 1 atom stereocenters. The van der Waals surface area contributed by atoms with Gasteiger partial charge in [0.15, 0.2) is 0 Å². The number of rotatable bonds is 6. The van der Waals surface area contributed by atoms with E-state index in [1.807, 2.05) is 6.92 Å². The summed E-state index contributed by atoms with van der Waals surface area (Å²) in [5, 5.41) is 14.8. The number of hydrogen-bond acceptors (Lipinski definition) is 5. The average molecular weight is 289 g/mol. The summed E-state index contributed by atoms with van der Waals surface area (Å²) in [6.07, 6.45) is 2.52. The molecule has 114 valence electrons. The topological polar surface area (TPSA) is 64.9 Å². The Balaban J connectivity index is 2.13. The number of hydrogen-bond donors (Lipinski definition) is 1. The van der Waals surface area contributed by atoms with Gasteiger partial charge < -0.3 is 10.1 Å². The van der Waals surface area contributed by atoms with E-state index in [0.717, 1.165) is 23.4 Å². The zero-order valence-electron chi connectivity index (χ0n) is 13.3. The van der Waals surface area contributed by atoms with Gasteiger partial charge in [0.2, 0.25) is 0 Å². The second-order valence-electron chi connectivity index (χ2n) is 5.97. The number of aromatic nitrogens is 4. The van der Waals surface area contributed by atoms with Gasteiger partial charge in [-0.15, -0.1) is 5.10 Å². The molecule has 1 N–H and O–H groups in total. The zero-order chi connectivity index (χ0) is 15.5. The van der Waals surface area contributed by atoms with Crippen LogP contribution in [-0.4, -0.2) is 39.0 Å². The van der Waals surface area contributed by atoms with Crippen LogP contribution in [0.5, 0.6) is 0 Å². The van der Waals surface area contributed by atoms with E-state index in [0.29, 0.717) is 6.04 Å². The van der Waals surface area contributed by atoms with E-state index in [9.17, 15) is 0 Å². The summed E-state index contributed by atoms with van der Waals surface area (Å²) in [7, 11) is 1.74. The molecule has 1 aromatic carbocycles. The van der Waals surface area contributed by atoms with Crippen molar-refractivity contribution in [2.45, 2.75) is 45.8 Å². The molecule has 0 bridgehead atoms. The third-order valence-electron chi connectivity index (χ3n) is 3.57. The molecule has 6 nitrogen and oxygen atoms in total. The molecule has 2 aromatic rings. The van der Waals surface area contributed by atoms with Crippen molar-refractivity contribution >= 4 is 5.69 Å². The van der Waals surface area contributed by atoms with Crippen LogP contribution in [0.3, 0.4) is 0 Å². The van der Waals surface area contributed by atoms with E-state index in [1.165, 1.54) is 0 Å². The SMILES string of the molecule is COC(C)(C)CC(C)Nc1ccc(C)c(-n2cnnn2)c1. The fourth-order valence-corrected chi connectivity index (χ4v) is 2.37. The highest BCUT2D eigenvalue weighted by molar-refractivity contribution is 5.54. The molecule has 21 heavy (non-hydrogen) atoms. The Labute approximate surface area is 125 Å². The Bertz CT molecular complexity index is 580. The monoisotopic (exact) mass is 289 g/mol. The van der Waals surface area contributed by atoms with Gasteiger partial charge in [0.1, 0.15) is 6.33 Å². The summed E-state index contributed by atoms with van der Waals surface area (Å²) in [5.74, 6) is 0. The number of tetrazole rings is 1. The normalized spacial score (nSPS) is 13.2. The summed E-state index contributed by atoms with van der Waals surface area (Å²) < 4.78 is 7.15. The smallest absolute Gasteiger partial charge is 0.143 e. The maximum absolute atomic E-state index is 5.48. The highest BCUT2D eigenvalue weighted by Gasteiger charge is 2.20. The van der Waals surface area contributed by atoms with Crippen LogP contribution in [0.1, 0.15) is 32.8 Å². The van der Waals surface area contributed by atoms with E-state index in [2.05, 4.69) is 59.8 Å². The molecule has 0 fully saturated rings. The van der Waals surface area contributed by atoms with Crippen molar-refractivity contribution in [3.8, 4) is 5.69 Å². The summed E-state index contributed by atoms with van der Waals surface area (Å²) in [6.45, 7) is 8.37. The molecule has 0 amide bonds. The molecule has 6 heteroatoms. The van der Waals surface area contributed by atoms with Gasteiger partial charge in [-0.1, -0.05) is 6.07 Å². The minimum Gasteiger partial charge on any atom is -0.382 e. The van der Waals surface area contributed by atoms with Gasteiger partial charge in [-0.05, 0) is 62.2 Å². The largest absolute Gasteiger partial charge is 0.382 e. The van der Waals surface area contributed by atoms with Gasteiger partial charge in [-0.3, -0.25) is 0 Å². The molecule has 0 radical (unpaired) electrons. The summed E-state index contributed by atoms with van der Waals surface area (Å²) in [5.41, 5.74) is 3.00. The third kappa shape index (κ3) is 4.01. The van der Waals surface area contributed by atoms with Crippen molar-refractivity contribution in [3.63, 3.8) is 0 Å². The maximum atomic E-state index is 5.48. The molecule has 0 saturated heterocycles. The van der Waals surface area contributed by atoms with Crippen molar-refractivity contribution in [2.24, 2.45) is 0 Å². The Kier molecular flexibility index (Phi) is 4.57. The number of anilines is 1. The number of benzene rings is 1. The minimum absolute atomic E-state index is 0.143. The lowest BCUT2D eigenvalue weighted by molar-refractivity contribution is 0.0128. The quantitative estimate of drug-likeness (QED) is 0.885. The number of ether oxygens (including phenoxy) is 1. The van der Waals surface area contributed by atoms with Gasteiger partial charge >= 0.3 is 0 Å². The van der Waals surface area contributed by atoms with E-state index in [-0.39, 0.29) is 5.60 Å². The van der Waals surface area contributed by atoms with Crippen LogP contribution in [0.4, 0.5) is 5.69 Å². The van der Waals surface area contributed by atoms with Crippen molar-refractivity contribution in [2.75, 3.05) is 12.4 Å². The number of nitrogens with one attached hydrogen (secondary N) is 1. The van der Waals surface area contributed by atoms with Crippen LogP contribution in [0.15, 0.2) is 24.5 Å². The van der Waals surface area contributed by atoms with Crippen molar-refractivity contribution in [1.82, 2.24) is 20.2 Å². The molecule has 2 rings (SSSR count). The number of nitrogens with zero attached hydrogens (tertiary/aromatic N) is 4. The first-order chi connectivity index (χ1) is 9.91. The summed E-state index contributed by atoms with van der Waals surface area (Å²) >= 11 is 0. The van der Waals surface area contributed by atoms with Gasteiger partial charge in [-0.2, -0.15) is 0 Å². The highest BCUT2D eigenvalue weighted by atomic mass is 16.5. The van der Waals surface area contributed by atoms with Crippen LogP contribution in [0, 0.1) is 6.92 Å².